The van der Waals surface area contributed by atoms with Crippen molar-refractivity contribution in [1.82, 2.24) is 10.1 Å². The van der Waals surface area contributed by atoms with E-state index in [1.165, 1.54) is 36.4 Å². The van der Waals surface area contributed by atoms with Gasteiger partial charge in [-0.15, -0.1) is 0 Å². The summed E-state index contributed by atoms with van der Waals surface area (Å²) in [4.78, 5) is 14.0. The number of nitrogens with zero attached hydrogens (tertiary/aromatic N) is 3. The molecule has 5 aromatic rings. The van der Waals surface area contributed by atoms with Crippen LogP contribution in [0.3, 0.4) is 0 Å². The van der Waals surface area contributed by atoms with Crippen molar-refractivity contribution in [2.75, 3.05) is 10.9 Å². The largest absolute Gasteiger partial charge is 0.490 e. The Kier molecular flexibility index (Phi) is 7.02. The summed E-state index contributed by atoms with van der Waals surface area (Å²) in [6, 6.07) is 14.1. The minimum atomic E-state index is -4.55. The molecule has 202 valence electrons. The predicted molar refractivity (Wildman–Crippen MR) is 138 cm³/mol. The van der Waals surface area contributed by atoms with Gasteiger partial charge >= 0.3 is 0 Å². The summed E-state index contributed by atoms with van der Waals surface area (Å²) in [5, 5.41) is 13.1. The van der Waals surface area contributed by atoms with Gasteiger partial charge in [-0.25, -0.2) is 25.9 Å². The van der Waals surface area contributed by atoms with Crippen LogP contribution < -0.4 is 14.6 Å². The molecule has 0 aliphatic carbocycles. The number of benzene rings is 3. The van der Waals surface area contributed by atoms with E-state index in [0.29, 0.717) is 21.3 Å². The molecule has 0 saturated heterocycles. The molecule has 0 bridgehead atoms. The highest BCUT2D eigenvalue weighted by molar-refractivity contribution is 7.93. The zero-order chi connectivity index (χ0) is 28.4. The van der Waals surface area contributed by atoms with E-state index in [0.717, 1.165) is 30.5 Å². The van der Waals surface area contributed by atoms with E-state index < -0.39 is 27.5 Å². The third-order valence-electron chi connectivity index (χ3n) is 5.78. The van der Waals surface area contributed by atoms with Crippen LogP contribution in [-0.2, 0) is 10.0 Å². The number of nitrogens with one attached hydrogen (secondary N) is 1. The number of H-pyrrole nitrogens is 1. The number of aromatic amines is 1. The SMILES string of the molecule is N#CCCOc1cc(-c2cc(F)cc(F)c2)c(F)cc1N(c1ccon1)S(=O)(=O)c1ccc2[nH]c(=O)ccc2c1. The molecular weight excluding hydrogens is 549 g/mol. The Morgan fingerprint density at radius 2 is 1.77 bits per heavy atom. The summed E-state index contributed by atoms with van der Waals surface area (Å²) in [5.41, 5.74) is -0.767. The highest BCUT2D eigenvalue weighted by Gasteiger charge is 2.32. The number of nitriles is 1. The number of aromatic nitrogens is 2. The molecule has 3 aromatic carbocycles. The number of ether oxygens (including phenoxy) is 1. The predicted octanol–water partition coefficient (Wildman–Crippen LogP) is 5.42. The highest BCUT2D eigenvalue weighted by atomic mass is 32.2. The lowest BCUT2D eigenvalue weighted by molar-refractivity contribution is 0.327. The van der Waals surface area contributed by atoms with Gasteiger partial charge in [0, 0.05) is 35.3 Å². The normalized spacial score (nSPS) is 11.3. The van der Waals surface area contributed by atoms with Gasteiger partial charge < -0.3 is 14.2 Å². The molecule has 0 fully saturated rings. The fourth-order valence-corrected chi connectivity index (χ4v) is 5.51. The first-order valence-electron chi connectivity index (χ1n) is 11.6. The fraction of sp³-hybridized carbons (Fsp3) is 0.0741. The van der Waals surface area contributed by atoms with Crippen LogP contribution >= 0.6 is 0 Å². The number of rotatable bonds is 8. The number of hydrogen-bond donors (Lipinski definition) is 1. The highest BCUT2D eigenvalue weighted by Crippen LogP contribution is 2.42. The molecule has 2 aromatic heterocycles. The maximum Gasteiger partial charge on any atom is 0.270 e. The van der Waals surface area contributed by atoms with E-state index in [9.17, 15) is 22.0 Å². The second-order valence-electron chi connectivity index (χ2n) is 8.41. The van der Waals surface area contributed by atoms with Crippen molar-refractivity contribution < 1.29 is 30.8 Å². The topological polar surface area (TPSA) is 129 Å². The van der Waals surface area contributed by atoms with Crippen LogP contribution in [0.25, 0.3) is 22.0 Å². The fourth-order valence-electron chi connectivity index (χ4n) is 4.04. The van der Waals surface area contributed by atoms with Gasteiger partial charge in [-0.2, -0.15) is 5.26 Å². The first-order chi connectivity index (χ1) is 19.2. The lowest BCUT2D eigenvalue weighted by Gasteiger charge is -2.25. The average Bonchev–Trinajstić information content (AvgIpc) is 3.43. The molecule has 13 heteroatoms. The van der Waals surface area contributed by atoms with E-state index in [2.05, 4.69) is 10.1 Å². The Bertz CT molecular complexity index is 1920. The van der Waals surface area contributed by atoms with Crippen LogP contribution in [0.1, 0.15) is 6.42 Å². The summed E-state index contributed by atoms with van der Waals surface area (Å²) in [6.45, 7) is -0.206. The van der Waals surface area contributed by atoms with Crippen molar-refractivity contribution >= 4 is 32.4 Å². The van der Waals surface area contributed by atoms with Crippen molar-refractivity contribution in [2.45, 2.75) is 11.3 Å². The molecule has 0 unspecified atom stereocenters. The minimum absolute atomic E-state index is 0.0969. The standard InChI is InChI=1S/C27H17F3N4O5S/c28-18-10-17(11-19(29)13-18)21-14-25(38-8-1-7-31)24(15-22(21)30)34(26-6-9-39-33-26)40(36,37)20-3-4-23-16(12-20)2-5-27(35)32-23/h2-6,9-15H,1,8H2,(H,32,35). The molecule has 9 nitrogen and oxygen atoms in total. The number of halogens is 3. The van der Waals surface area contributed by atoms with Crippen LogP contribution in [0, 0.1) is 28.8 Å². The lowest BCUT2D eigenvalue weighted by atomic mass is 10.0. The molecule has 0 amide bonds. The van der Waals surface area contributed by atoms with Gasteiger partial charge in [0.25, 0.3) is 10.0 Å². The quantitative estimate of drug-likeness (QED) is 0.248. The molecule has 0 spiro atoms. The molecule has 1 N–H and O–H groups in total. The molecule has 0 radical (unpaired) electrons. The first-order valence-corrected chi connectivity index (χ1v) is 13.0. The van der Waals surface area contributed by atoms with Crippen molar-refractivity contribution in [3.63, 3.8) is 0 Å². The average molecular weight is 567 g/mol. The van der Waals surface area contributed by atoms with Gasteiger partial charge in [-0.05, 0) is 53.4 Å². The Labute approximate surface area is 224 Å². The Morgan fingerprint density at radius 1 is 1.00 bits per heavy atom. The molecule has 0 aliphatic heterocycles. The zero-order valence-corrected chi connectivity index (χ0v) is 21.1. The second-order valence-corrected chi connectivity index (χ2v) is 10.2. The van der Waals surface area contributed by atoms with Crippen molar-refractivity contribution in [3.05, 3.63) is 101 Å². The summed E-state index contributed by atoms with van der Waals surface area (Å²) in [7, 11) is -4.55. The Morgan fingerprint density at radius 3 is 2.48 bits per heavy atom. The molecule has 0 aliphatic rings. The third-order valence-corrected chi connectivity index (χ3v) is 7.49. The summed E-state index contributed by atoms with van der Waals surface area (Å²) in [6.07, 6.45) is 1.01. The number of sulfonamides is 1. The Hall–Kier alpha value is -5.09. The molecule has 0 atom stereocenters. The van der Waals surface area contributed by atoms with E-state index in [-0.39, 0.29) is 51.9 Å². The van der Waals surface area contributed by atoms with Crippen LogP contribution in [0.2, 0.25) is 0 Å². The van der Waals surface area contributed by atoms with Gasteiger partial charge in [-0.3, -0.25) is 4.79 Å². The van der Waals surface area contributed by atoms with Crippen molar-refractivity contribution in [1.29, 1.82) is 5.26 Å². The first kappa shape index (κ1) is 26.5. The van der Waals surface area contributed by atoms with E-state index in [1.807, 2.05) is 6.07 Å². The lowest BCUT2D eigenvalue weighted by Crippen LogP contribution is -2.27. The number of hydrogen-bond acceptors (Lipinski definition) is 7. The van der Waals surface area contributed by atoms with Crippen LogP contribution in [0.5, 0.6) is 5.75 Å². The van der Waals surface area contributed by atoms with Crippen molar-refractivity contribution in [3.8, 4) is 22.9 Å². The number of pyridine rings is 1. The minimum Gasteiger partial charge on any atom is -0.490 e. The monoisotopic (exact) mass is 566 g/mol. The maximum atomic E-state index is 15.6. The maximum absolute atomic E-state index is 15.6. The second kappa shape index (κ2) is 10.6. The third kappa shape index (κ3) is 5.12. The Balaban J connectivity index is 1.72. The molecular formula is C27H17F3N4O5S. The summed E-state index contributed by atoms with van der Waals surface area (Å²) < 4.78 is 82.6. The summed E-state index contributed by atoms with van der Waals surface area (Å²) >= 11 is 0. The van der Waals surface area contributed by atoms with Gasteiger partial charge in [0.15, 0.2) is 5.82 Å². The number of fused-ring (bicyclic) bond motifs is 1. The molecule has 5 rings (SSSR count). The molecule has 0 saturated carbocycles. The van der Waals surface area contributed by atoms with E-state index in [1.54, 1.807) is 0 Å². The van der Waals surface area contributed by atoms with Gasteiger partial charge in [-0.1, -0.05) is 5.16 Å². The summed E-state index contributed by atoms with van der Waals surface area (Å²) in [5.74, 6) is -3.39. The van der Waals surface area contributed by atoms with Crippen molar-refractivity contribution in [2.24, 2.45) is 0 Å². The molecule has 2 heterocycles. The van der Waals surface area contributed by atoms with E-state index >= 15 is 4.39 Å². The number of anilines is 2. The van der Waals surface area contributed by atoms with Gasteiger partial charge in [0.1, 0.15) is 41.8 Å². The van der Waals surface area contributed by atoms with Gasteiger partial charge in [0.2, 0.25) is 5.56 Å². The zero-order valence-electron chi connectivity index (χ0n) is 20.3. The van der Waals surface area contributed by atoms with Crippen LogP contribution in [0.4, 0.5) is 24.7 Å². The smallest absolute Gasteiger partial charge is 0.270 e. The van der Waals surface area contributed by atoms with Gasteiger partial charge in [0.05, 0.1) is 17.4 Å². The molecule has 40 heavy (non-hydrogen) atoms. The van der Waals surface area contributed by atoms with Crippen LogP contribution in [0.15, 0.2) is 87.2 Å². The van der Waals surface area contributed by atoms with E-state index in [4.69, 9.17) is 14.5 Å². The van der Waals surface area contributed by atoms with Crippen LogP contribution in [-0.4, -0.2) is 25.2 Å².